The van der Waals surface area contributed by atoms with E-state index in [0.717, 1.165) is 27.6 Å². The Morgan fingerprint density at radius 2 is 1.94 bits per heavy atom. The first-order valence-electron chi connectivity index (χ1n) is 10.7. The van der Waals surface area contributed by atoms with E-state index in [0.29, 0.717) is 24.8 Å². The molecule has 0 fully saturated rings. The summed E-state index contributed by atoms with van der Waals surface area (Å²) in [5.74, 6) is -0.536. The van der Waals surface area contributed by atoms with Crippen molar-refractivity contribution in [2.24, 2.45) is 0 Å². The number of benzene rings is 2. The van der Waals surface area contributed by atoms with Crippen LogP contribution >= 0.6 is 11.6 Å². The van der Waals surface area contributed by atoms with E-state index in [2.05, 4.69) is 33.2 Å². The first-order valence-corrected chi connectivity index (χ1v) is 11.1. The van der Waals surface area contributed by atoms with Crippen molar-refractivity contribution in [3.8, 4) is 0 Å². The first kappa shape index (κ1) is 23.0. The van der Waals surface area contributed by atoms with Crippen molar-refractivity contribution in [3.63, 3.8) is 0 Å². The summed E-state index contributed by atoms with van der Waals surface area (Å²) >= 11 is 6.02. The number of nitrogens with zero attached hydrogens (tertiary/aromatic N) is 2. The summed E-state index contributed by atoms with van der Waals surface area (Å²) in [6.07, 6.45) is 4.06. The summed E-state index contributed by atoms with van der Waals surface area (Å²) in [5, 5.41) is 4.38. The maximum atomic E-state index is 13.4. The van der Waals surface area contributed by atoms with Gasteiger partial charge in [-0.2, -0.15) is 0 Å². The smallest absolute Gasteiger partial charge is 0.221 e. The van der Waals surface area contributed by atoms with Crippen LogP contribution in [0.25, 0.3) is 10.9 Å². The highest BCUT2D eigenvalue weighted by atomic mass is 35.5. The lowest BCUT2D eigenvalue weighted by Gasteiger charge is -2.17. The topological polar surface area (TPSA) is 56.1 Å². The van der Waals surface area contributed by atoms with Crippen LogP contribution in [0.1, 0.15) is 29.0 Å². The van der Waals surface area contributed by atoms with Gasteiger partial charge in [-0.3, -0.25) is 4.79 Å². The van der Waals surface area contributed by atoms with Crippen LogP contribution in [0.15, 0.2) is 73.1 Å². The Morgan fingerprint density at radius 1 is 1.15 bits per heavy atom. The van der Waals surface area contributed by atoms with Crippen molar-refractivity contribution in [3.05, 3.63) is 101 Å². The average Bonchev–Trinajstić information content (AvgIpc) is 3.18. The Morgan fingerprint density at radius 3 is 2.67 bits per heavy atom. The largest absolute Gasteiger partial charge is 0.383 e. The standard InChI is InChI=1S/C26H25ClFN3O2/c1-33-13-12-29-26(32)14-22(19-8-11-25(27)30-15-19)23-17-31(24-5-3-2-4-21(23)24)16-18-6-9-20(28)10-7-18/h2-11,15,17,22H,12-14,16H2,1H3,(H,29,32)/t22-/m1/s1. The number of ether oxygens (including phenoxy) is 1. The number of methoxy groups -OCH3 is 1. The summed E-state index contributed by atoms with van der Waals surface area (Å²) in [4.78, 5) is 17.0. The third-order valence-electron chi connectivity index (χ3n) is 5.63. The highest BCUT2D eigenvalue weighted by Crippen LogP contribution is 2.35. The van der Waals surface area contributed by atoms with E-state index in [1.807, 2.05) is 18.2 Å². The van der Waals surface area contributed by atoms with Crippen molar-refractivity contribution in [1.29, 1.82) is 0 Å². The van der Waals surface area contributed by atoms with Crippen molar-refractivity contribution >= 4 is 28.4 Å². The van der Waals surface area contributed by atoms with Gasteiger partial charge in [-0.25, -0.2) is 9.37 Å². The fourth-order valence-electron chi connectivity index (χ4n) is 4.02. The summed E-state index contributed by atoms with van der Waals surface area (Å²) in [6.45, 7) is 1.50. The first-order chi connectivity index (χ1) is 16.0. The van der Waals surface area contributed by atoms with E-state index in [-0.39, 0.29) is 24.1 Å². The van der Waals surface area contributed by atoms with E-state index < -0.39 is 0 Å². The van der Waals surface area contributed by atoms with Crippen LogP contribution in [0, 0.1) is 5.82 Å². The number of fused-ring (bicyclic) bond motifs is 1. The van der Waals surface area contributed by atoms with Crippen molar-refractivity contribution in [2.75, 3.05) is 20.3 Å². The average molecular weight is 466 g/mol. The lowest BCUT2D eigenvalue weighted by molar-refractivity contribution is -0.121. The highest BCUT2D eigenvalue weighted by Gasteiger charge is 2.23. The summed E-state index contributed by atoms with van der Waals surface area (Å²) in [6, 6.07) is 18.2. The summed E-state index contributed by atoms with van der Waals surface area (Å²) in [5.41, 5.74) is 3.97. The van der Waals surface area contributed by atoms with E-state index in [1.54, 1.807) is 31.5 Å². The molecule has 0 bridgehead atoms. The van der Waals surface area contributed by atoms with Gasteiger partial charge in [0.15, 0.2) is 0 Å². The molecule has 2 heterocycles. The third-order valence-corrected chi connectivity index (χ3v) is 5.86. The van der Waals surface area contributed by atoms with Crippen LogP contribution in [-0.4, -0.2) is 35.7 Å². The Kier molecular flexibility index (Phi) is 7.37. The molecule has 0 aliphatic carbocycles. The molecule has 0 aliphatic rings. The SMILES string of the molecule is COCCNC(=O)C[C@H](c1ccc(Cl)nc1)c1cn(Cc2ccc(F)cc2)c2ccccc12. The number of para-hydroxylation sites is 1. The molecule has 0 saturated carbocycles. The molecule has 1 N–H and O–H groups in total. The quantitative estimate of drug-likeness (QED) is 0.274. The Hall–Kier alpha value is -3.22. The second kappa shape index (κ2) is 10.6. The Balaban J connectivity index is 1.73. The third kappa shape index (κ3) is 5.59. The van der Waals surface area contributed by atoms with E-state index in [1.165, 1.54) is 12.1 Å². The number of aromatic nitrogens is 2. The molecule has 33 heavy (non-hydrogen) atoms. The van der Waals surface area contributed by atoms with Gasteiger partial charge >= 0.3 is 0 Å². The van der Waals surface area contributed by atoms with Gasteiger partial charge in [-0.1, -0.05) is 48.0 Å². The molecule has 0 saturated heterocycles. The van der Waals surface area contributed by atoms with Crippen LogP contribution in [-0.2, 0) is 16.1 Å². The molecule has 1 atom stereocenters. The molecule has 4 rings (SSSR count). The number of hydrogen-bond acceptors (Lipinski definition) is 3. The van der Waals surface area contributed by atoms with Gasteiger partial charge in [-0.15, -0.1) is 0 Å². The maximum absolute atomic E-state index is 13.4. The number of pyridine rings is 1. The molecule has 5 nitrogen and oxygen atoms in total. The Bertz CT molecular complexity index is 1220. The fourth-order valence-corrected chi connectivity index (χ4v) is 4.13. The van der Waals surface area contributed by atoms with Gasteiger partial charge in [0.2, 0.25) is 5.91 Å². The zero-order chi connectivity index (χ0) is 23.2. The molecule has 170 valence electrons. The number of carbonyl (C=O) groups excluding carboxylic acids is 1. The van der Waals surface area contributed by atoms with E-state index in [4.69, 9.17) is 16.3 Å². The predicted octanol–water partition coefficient (Wildman–Crippen LogP) is 5.16. The molecule has 2 aromatic heterocycles. The number of rotatable bonds is 9. The van der Waals surface area contributed by atoms with Gasteiger partial charge in [0.25, 0.3) is 0 Å². The van der Waals surface area contributed by atoms with Crippen LogP contribution < -0.4 is 5.32 Å². The molecule has 0 unspecified atom stereocenters. The molecule has 2 aromatic carbocycles. The molecular formula is C26H25ClFN3O2. The van der Waals surface area contributed by atoms with Gasteiger partial charge in [0.1, 0.15) is 11.0 Å². The zero-order valence-corrected chi connectivity index (χ0v) is 19.1. The van der Waals surface area contributed by atoms with Crippen LogP contribution in [0.2, 0.25) is 5.15 Å². The van der Waals surface area contributed by atoms with Crippen LogP contribution in [0.3, 0.4) is 0 Å². The van der Waals surface area contributed by atoms with Crippen LogP contribution in [0.5, 0.6) is 0 Å². The minimum absolute atomic E-state index is 0.0673. The number of hydrogen-bond donors (Lipinski definition) is 1. The van der Waals surface area contributed by atoms with Crippen LogP contribution in [0.4, 0.5) is 4.39 Å². The lowest BCUT2D eigenvalue weighted by atomic mass is 9.89. The Labute approximate surface area is 197 Å². The van der Waals surface area contributed by atoms with E-state index >= 15 is 0 Å². The molecule has 0 radical (unpaired) electrons. The van der Waals surface area contributed by atoms with Gasteiger partial charge < -0.3 is 14.6 Å². The minimum atomic E-state index is -0.258. The number of amides is 1. The molecule has 1 amide bonds. The number of halogens is 2. The molecule has 0 aliphatic heterocycles. The predicted molar refractivity (Wildman–Crippen MR) is 128 cm³/mol. The second-order valence-corrected chi connectivity index (χ2v) is 8.26. The molecule has 0 spiro atoms. The van der Waals surface area contributed by atoms with Crippen molar-refractivity contribution in [1.82, 2.24) is 14.9 Å². The summed E-state index contributed by atoms with van der Waals surface area (Å²) < 4.78 is 20.5. The van der Waals surface area contributed by atoms with Gasteiger partial charge in [0.05, 0.1) is 6.61 Å². The highest BCUT2D eigenvalue weighted by molar-refractivity contribution is 6.29. The van der Waals surface area contributed by atoms with Crippen molar-refractivity contribution < 1.29 is 13.9 Å². The van der Waals surface area contributed by atoms with Gasteiger partial charge in [0, 0.05) is 55.8 Å². The normalized spacial score (nSPS) is 12.1. The van der Waals surface area contributed by atoms with E-state index in [9.17, 15) is 9.18 Å². The molecular weight excluding hydrogens is 441 g/mol. The fraction of sp³-hybridized carbons (Fsp3) is 0.231. The number of carbonyl (C=O) groups is 1. The molecule has 7 heteroatoms. The van der Waals surface area contributed by atoms with Crippen molar-refractivity contribution in [2.45, 2.75) is 18.9 Å². The molecule has 4 aromatic rings. The van der Waals surface area contributed by atoms with Gasteiger partial charge in [-0.05, 0) is 41.0 Å². The second-order valence-electron chi connectivity index (χ2n) is 7.87. The number of nitrogens with one attached hydrogen (secondary N) is 1. The monoisotopic (exact) mass is 465 g/mol. The minimum Gasteiger partial charge on any atom is -0.383 e. The summed E-state index contributed by atoms with van der Waals surface area (Å²) in [7, 11) is 1.60. The maximum Gasteiger partial charge on any atom is 0.221 e. The zero-order valence-electron chi connectivity index (χ0n) is 18.3. The lowest BCUT2D eigenvalue weighted by Crippen LogP contribution is -2.28.